The van der Waals surface area contributed by atoms with Gasteiger partial charge in [0, 0.05) is 24.6 Å². The predicted molar refractivity (Wildman–Crippen MR) is 70.7 cm³/mol. The lowest BCUT2D eigenvalue weighted by Gasteiger charge is -2.13. The van der Waals surface area contributed by atoms with Crippen LogP contribution in [-0.4, -0.2) is 29.5 Å². The Bertz CT molecular complexity index is 709. The maximum atomic E-state index is 12.1. The van der Waals surface area contributed by atoms with Crippen molar-refractivity contribution in [2.75, 3.05) is 0 Å². The molecule has 0 saturated carbocycles. The third kappa shape index (κ3) is 3.03. The molecule has 0 saturated heterocycles. The Morgan fingerprint density at radius 1 is 1.50 bits per heavy atom. The highest BCUT2D eigenvalue weighted by atomic mass is 32.2. The van der Waals surface area contributed by atoms with Crippen LogP contribution in [0, 0.1) is 0 Å². The fourth-order valence-corrected chi connectivity index (χ4v) is 2.88. The van der Waals surface area contributed by atoms with Crippen LogP contribution in [0.5, 0.6) is 0 Å². The Kier molecular flexibility index (Phi) is 3.86. The van der Waals surface area contributed by atoms with Crippen LogP contribution in [0.25, 0.3) is 0 Å². The van der Waals surface area contributed by atoms with Crippen LogP contribution < -0.4 is 4.72 Å². The summed E-state index contributed by atoms with van der Waals surface area (Å²) in [6.07, 6.45) is 4.30. The van der Waals surface area contributed by atoms with Crippen molar-refractivity contribution in [1.29, 1.82) is 0 Å². The van der Waals surface area contributed by atoms with Gasteiger partial charge in [-0.15, -0.1) is 0 Å². The van der Waals surface area contributed by atoms with Gasteiger partial charge in [0.05, 0.1) is 0 Å². The maximum Gasteiger partial charge on any atom is 0.352 e. The number of hydrogen-bond acceptors (Lipinski definition) is 4. The van der Waals surface area contributed by atoms with Gasteiger partial charge in [-0.25, -0.2) is 17.9 Å². The molecule has 0 bridgehead atoms. The van der Waals surface area contributed by atoms with Gasteiger partial charge in [0.2, 0.25) is 10.0 Å². The first-order chi connectivity index (χ1) is 9.40. The lowest BCUT2D eigenvalue weighted by atomic mass is 10.2. The second-order valence-electron chi connectivity index (χ2n) is 4.18. The van der Waals surface area contributed by atoms with Crippen molar-refractivity contribution in [3.05, 3.63) is 48.0 Å². The molecule has 7 nitrogen and oxygen atoms in total. The summed E-state index contributed by atoms with van der Waals surface area (Å²) in [5.74, 6) is -1.22. The largest absolute Gasteiger partial charge is 0.477 e. The molecule has 2 aromatic rings. The number of sulfonamides is 1. The number of aromatic nitrogens is 2. The number of hydrogen-bond donors (Lipinski definition) is 3. The highest BCUT2D eigenvalue weighted by molar-refractivity contribution is 7.89. The molecule has 0 amide bonds. The number of pyridine rings is 1. The predicted octanol–water partition coefficient (Wildman–Crippen LogP) is 1.15. The molecule has 106 valence electrons. The van der Waals surface area contributed by atoms with Gasteiger partial charge in [0.25, 0.3) is 0 Å². The van der Waals surface area contributed by atoms with E-state index >= 15 is 0 Å². The summed E-state index contributed by atoms with van der Waals surface area (Å²) in [7, 11) is -3.79. The summed E-state index contributed by atoms with van der Waals surface area (Å²) in [6, 6.07) is 4.05. The number of nitrogens with one attached hydrogen (secondary N) is 2. The van der Waals surface area contributed by atoms with Crippen LogP contribution in [0.3, 0.4) is 0 Å². The van der Waals surface area contributed by atoms with E-state index < -0.39 is 22.0 Å². The molecular formula is C12H13N3O4S. The van der Waals surface area contributed by atoms with Gasteiger partial charge in [-0.05, 0) is 24.6 Å². The molecule has 2 heterocycles. The van der Waals surface area contributed by atoms with E-state index in [1.54, 1.807) is 31.5 Å². The molecule has 0 aliphatic carbocycles. The number of carbonyl (C=O) groups is 1. The second-order valence-corrected chi connectivity index (χ2v) is 5.90. The molecule has 20 heavy (non-hydrogen) atoms. The van der Waals surface area contributed by atoms with Crippen LogP contribution in [-0.2, 0) is 10.0 Å². The zero-order valence-electron chi connectivity index (χ0n) is 10.6. The minimum Gasteiger partial charge on any atom is -0.477 e. The Morgan fingerprint density at radius 3 is 2.80 bits per heavy atom. The molecule has 2 rings (SSSR count). The van der Waals surface area contributed by atoms with Crippen LogP contribution in [0.1, 0.15) is 29.0 Å². The van der Waals surface area contributed by atoms with E-state index in [1.807, 2.05) is 0 Å². The van der Waals surface area contributed by atoms with Crippen LogP contribution in [0.4, 0.5) is 0 Å². The summed E-state index contributed by atoms with van der Waals surface area (Å²) in [6.45, 7) is 1.68. The summed E-state index contributed by atoms with van der Waals surface area (Å²) in [5, 5.41) is 8.77. The van der Waals surface area contributed by atoms with E-state index in [4.69, 9.17) is 5.11 Å². The molecule has 0 aliphatic rings. The topological polar surface area (TPSA) is 112 Å². The third-order valence-electron chi connectivity index (χ3n) is 2.71. The average molecular weight is 295 g/mol. The van der Waals surface area contributed by atoms with Crippen molar-refractivity contribution in [2.24, 2.45) is 0 Å². The van der Waals surface area contributed by atoms with Gasteiger partial charge in [-0.1, -0.05) is 6.07 Å². The molecule has 1 unspecified atom stereocenters. The molecule has 0 radical (unpaired) electrons. The molecule has 0 aromatic carbocycles. The van der Waals surface area contributed by atoms with Gasteiger partial charge in [0.15, 0.2) is 0 Å². The standard InChI is InChI=1S/C12H13N3O4S/c1-8(9-3-2-4-13-6-9)15-20(18,19)10-5-11(12(16)17)14-7-10/h2-8,14-15H,1H3,(H,16,17). The minimum absolute atomic E-state index is 0.120. The van der Waals surface area contributed by atoms with Gasteiger partial charge >= 0.3 is 5.97 Å². The molecule has 8 heteroatoms. The van der Waals surface area contributed by atoms with Gasteiger partial charge < -0.3 is 10.1 Å². The van der Waals surface area contributed by atoms with Crippen molar-refractivity contribution in [2.45, 2.75) is 17.9 Å². The number of aromatic carboxylic acids is 1. The summed E-state index contributed by atoms with van der Waals surface area (Å²) in [4.78, 5) is 16.9. The first kappa shape index (κ1) is 14.2. The smallest absolute Gasteiger partial charge is 0.352 e. The average Bonchev–Trinajstić information content (AvgIpc) is 2.90. The van der Waals surface area contributed by atoms with E-state index in [2.05, 4.69) is 14.7 Å². The van der Waals surface area contributed by atoms with Crippen molar-refractivity contribution >= 4 is 16.0 Å². The Balaban J connectivity index is 2.20. The van der Waals surface area contributed by atoms with Crippen molar-refractivity contribution in [3.8, 4) is 0 Å². The lowest BCUT2D eigenvalue weighted by Crippen LogP contribution is -2.26. The van der Waals surface area contributed by atoms with E-state index in [0.29, 0.717) is 5.56 Å². The fraction of sp³-hybridized carbons (Fsp3) is 0.167. The quantitative estimate of drug-likeness (QED) is 0.766. The van der Waals surface area contributed by atoms with Crippen LogP contribution in [0.15, 0.2) is 41.7 Å². The Hall–Kier alpha value is -2.19. The lowest BCUT2D eigenvalue weighted by molar-refractivity contribution is 0.0691. The normalized spacial score (nSPS) is 13.1. The number of nitrogens with zero attached hydrogens (tertiary/aromatic N) is 1. The third-order valence-corrected chi connectivity index (χ3v) is 4.23. The van der Waals surface area contributed by atoms with Gasteiger partial charge in [0.1, 0.15) is 10.6 Å². The van der Waals surface area contributed by atoms with Crippen molar-refractivity contribution in [1.82, 2.24) is 14.7 Å². The molecule has 0 aliphatic heterocycles. The SMILES string of the molecule is CC(NS(=O)(=O)c1c[nH]c(C(=O)O)c1)c1cccnc1. The number of H-pyrrole nitrogens is 1. The van der Waals surface area contributed by atoms with Crippen molar-refractivity contribution < 1.29 is 18.3 Å². The van der Waals surface area contributed by atoms with Gasteiger partial charge in [-0.2, -0.15) is 0 Å². The highest BCUT2D eigenvalue weighted by Gasteiger charge is 2.21. The molecule has 1 atom stereocenters. The van der Waals surface area contributed by atoms with Crippen LogP contribution in [0.2, 0.25) is 0 Å². The summed E-state index contributed by atoms with van der Waals surface area (Å²) >= 11 is 0. The summed E-state index contributed by atoms with van der Waals surface area (Å²) in [5.41, 5.74) is 0.532. The maximum absolute atomic E-state index is 12.1. The first-order valence-electron chi connectivity index (χ1n) is 5.74. The highest BCUT2D eigenvalue weighted by Crippen LogP contribution is 2.16. The van der Waals surface area contributed by atoms with Crippen LogP contribution >= 0.6 is 0 Å². The molecular weight excluding hydrogens is 282 g/mol. The Morgan fingerprint density at radius 2 is 2.25 bits per heavy atom. The monoisotopic (exact) mass is 295 g/mol. The number of carboxylic acid groups (broad SMARTS) is 1. The summed E-state index contributed by atoms with van der Waals surface area (Å²) < 4.78 is 26.7. The van der Waals surface area contributed by atoms with E-state index in [-0.39, 0.29) is 10.6 Å². The number of aromatic amines is 1. The molecule has 2 aromatic heterocycles. The zero-order chi connectivity index (χ0) is 14.8. The molecule has 0 fully saturated rings. The minimum atomic E-state index is -3.79. The van der Waals surface area contributed by atoms with Crippen molar-refractivity contribution in [3.63, 3.8) is 0 Å². The number of carboxylic acids is 1. The van der Waals surface area contributed by atoms with E-state index in [9.17, 15) is 13.2 Å². The number of rotatable bonds is 5. The second kappa shape index (κ2) is 5.43. The Labute approximate surface area is 115 Å². The fourth-order valence-electron chi connectivity index (χ4n) is 1.65. The van der Waals surface area contributed by atoms with Gasteiger partial charge in [-0.3, -0.25) is 4.98 Å². The molecule has 0 spiro atoms. The zero-order valence-corrected chi connectivity index (χ0v) is 11.4. The van der Waals surface area contributed by atoms with E-state index in [1.165, 1.54) is 0 Å². The van der Waals surface area contributed by atoms with E-state index in [0.717, 1.165) is 12.3 Å². The molecule has 3 N–H and O–H groups in total. The first-order valence-corrected chi connectivity index (χ1v) is 7.22.